The number of benzene rings is 2. The van der Waals surface area contributed by atoms with E-state index in [0.29, 0.717) is 30.2 Å². The van der Waals surface area contributed by atoms with Crippen molar-refractivity contribution in [1.82, 2.24) is 0 Å². The van der Waals surface area contributed by atoms with Crippen LogP contribution in [0.25, 0.3) is 0 Å². The lowest BCUT2D eigenvalue weighted by Crippen LogP contribution is -3.17. The van der Waals surface area contributed by atoms with Gasteiger partial charge in [0, 0.05) is 18.1 Å². The van der Waals surface area contributed by atoms with Gasteiger partial charge in [-0.15, -0.1) is 0 Å². The maximum absolute atomic E-state index is 12.7. The molecule has 1 unspecified atom stereocenters. The zero-order chi connectivity index (χ0) is 20.1. The predicted molar refractivity (Wildman–Crippen MR) is 104 cm³/mol. The molecule has 2 atom stereocenters. The zero-order valence-electron chi connectivity index (χ0n) is 16.3. The van der Waals surface area contributed by atoms with Gasteiger partial charge in [-0.1, -0.05) is 24.3 Å². The van der Waals surface area contributed by atoms with Gasteiger partial charge in [0.2, 0.25) is 0 Å². The number of methoxy groups -OCH3 is 3. The van der Waals surface area contributed by atoms with E-state index in [-0.39, 0.29) is 18.4 Å². The summed E-state index contributed by atoms with van der Waals surface area (Å²) in [6.07, 6.45) is 0.550. The Bertz CT molecular complexity index is 868. The van der Waals surface area contributed by atoms with Crippen LogP contribution in [0, 0.1) is 0 Å². The Balaban J connectivity index is 1.77. The molecule has 0 spiro atoms. The maximum atomic E-state index is 12.7. The summed E-state index contributed by atoms with van der Waals surface area (Å²) >= 11 is 0. The van der Waals surface area contributed by atoms with Crippen LogP contribution in [0.4, 0.5) is 5.69 Å². The van der Waals surface area contributed by atoms with Gasteiger partial charge in [0.25, 0.3) is 5.91 Å². The van der Waals surface area contributed by atoms with Gasteiger partial charge in [0.15, 0.2) is 12.6 Å². The zero-order valence-corrected chi connectivity index (χ0v) is 16.3. The number of quaternary nitrogens is 1. The Kier molecular flexibility index (Phi) is 6.16. The fourth-order valence-corrected chi connectivity index (χ4v) is 3.55. The Morgan fingerprint density at radius 1 is 1.07 bits per heavy atom. The first kappa shape index (κ1) is 19.7. The van der Waals surface area contributed by atoms with Crippen molar-refractivity contribution < 1.29 is 28.7 Å². The van der Waals surface area contributed by atoms with Crippen molar-refractivity contribution in [2.45, 2.75) is 19.0 Å². The molecule has 0 saturated heterocycles. The molecule has 2 aromatic rings. The average Bonchev–Trinajstić information content (AvgIpc) is 2.72. The summed E-state index contributed by atoms with van der Waals surface area (Å²) in [5.41, 5.74) is 2.79. The fourth-order valence-electron chi connectivity index (χ4n) is 3.55. The SMILES string of the molecule is COC(=O)[C@H]1Cc2ccccc2C[NH+]1CC(=O)Nc1cc(OC)ccc1OC. The van der Waals surface area contributed by atoms with E-state index in [9.17, 15) is 9.59 Å². The van der Waals surface area contributed by atoms with Crippen LogP contribution in [0.5, 0.6) is 11.5 Å². The van der Waals surface area contributed by atoms with Crippen molar-refractivity contribution >= 4 is 17.6 Å². The van der Waals surface area contributed by atoms with Crippen molar-refractivity contribution in [2.24, 2.45) is 0 Å². The molecule has 0 fully saturated rings. The van der Waals surface area contributed by atoms with Gasteiger partial charge < -0.3 is 24.4 Å². The number of ether oxygens (including phenoxy) is 3. The number of hydrogen-bond acceptors (Lipinski definition) is 5. The molecule has 0 aromatic heterocycles. The third kappa shape index (κ3) is 4.26. The molecule has 0 saturated carbocycles. The minimum absolute atomic E-state index is 0.133. The first-order chi connectivity index (χ1) is 13.5. The molecule has 0 aliphatic carbocycles. The Labute approximate surface area is 164 Å². The second kappa shape index (κ2) is 8.75. The average molecular weight is 385 g/mol. The molecule has 148 valence electrons. The van der Waals surface area contributed by atoms with Gasteiger partial charge in [0.1, 0.15) is 18.0 Å². The topological polar surface area (TPSA) is 78.3 Å². The normalized spacial score (nSPS) is 18.0. The molecule has 2 N–H and O–H groups in total. The summed E-state index contributed by atoms with van der Waals surface area (Å²) in [6, 6.07) is 12.8. The number of rotatable bonds is 6. The quantitative estimate of drug-likeness (QED) is 0.720. The molecule has 7 heteroatoms. The van der Waals surface area contributed by atoms with Crippen molar-refractivity contribution in [3.63, 3.8) is 0 Å². The number of amides is 1. The van der Waals surface area contributed by atoms with Gasteiger partial charge >= 0.3 is 5.97 Å². The van der Waals surface area contributed by atoms with Gasteiger partial charge in [-0.05, 0) is 17.7 Å². The lowest BCUT2D eigenvalue weighted by molar-refractivity contribution is -0.924. The van der Waals surface area contributed by atoms with E-state index in [1.54, 1.807) is 25.3 Å². The molecule has 0 bridgehead atoms. The van der Waals surface area contributed by atoms with Crippen molar-refractivity contribution in [1.29, 1.82) is 0 Å². The van der Waals surface area contributed by atoms with E-state index in [2.05, 4.69) is 5.32 Å². The maximum Gasteiger partial charge on any atom is 0.365 e. The summed E-state index contributed by atoms with van der Waals surface area (Å²) in [5.74, 6) is 0.631. The minimum Gasteiger partial charge on any atom is -0.497 e. The molecular weight excluding hydrogens is 360 g/mol. The van der Waals surface area contributed by atoms with Gasteiger partial charge in [-0.3, -0.25) is 4.79 Å². The van der Waals surface area contributed by atoms with Crippen LogP contribution in [-0.2, 0) is 27.3 Å². The summed E-state index contributed by atoms with van der Waals surface area (Å²) < 4.78 is 15.5. The van der Waals surface area contributed by atoms with Gasteiger partial charge in [-0.2, -0.15) is 0 Å². The number of fused-ring (bicyclic) bond motifs is 1. The van der Waals surface area contributed by atoms with E-state index in [4.69, 9.17) is 14.2 Å². The third-order valence-corrected chi connectivity index (χ3v) is 5.01. The highest BCUT2D eigenvalue weighted by Crippen LogP contribution is 2.28. The number of anilines is 1. The molecule has 1 heterocycles. The molecule has 1 amide bonds. The highest BCUT2D eigenvalue weighted by atomic mass is 16.5. The number of carbonyl (C=O) groups is 2. The smallest absolute Gasteiger partial charge is 0.365 e. The fraction of sp³-hybridized carbons (Fsp3) is 0.333. The summed E-state index contributed by atoms with van der Waals surface area (Å²) in [6.45, 7) is 0.715. The van der Waals surface area contributed by atoms with Crippen molar-refractivity contribution in [3.05, 3.63) is 53.6 Å². The van der Waals surface area contributed by atoms with Crippen molar-refractivity contribution in [2.75, 3.05) is 33.2 Å². The highest BCUT2D eigenvalue weighted by molar-refractivity contribution is 5.93. The molecular formula is C21H25N2O5+. The van der Waals surface area contributed by atoms with Crippen LogP contribution in [-0.4, -0.2) is 45.8 Å². The molecule has 1 aliphatic heterocycles. The monoisotopic (exact) mass is 385 g/mol. The molecule has 1 aliphatic rings. The molecule has 3 rings (SSSR count). The lowest BCUT2D eigenvalue weighted by Gasteiger charge is -2.31. The Morgan fingerprint density at radius 2 is 1.82 bits per heavy atom. The minimum atomic E-state index is -0.419. The van der Waals surface area contributed by atoms with E-state index in [1.165, 1.54) is 14.2 Å². The van der Waals surface area contributed by atoms with E-state index >= 15 is 0 Å². The number of nitrogens with one attached hydrogen (secondary N) is 2. The first-order valence-electron chi connectivity index (χ1n) is 9.06. The lowest BCUT2D eigenvalue weighted by atomic mass is 9.94. The first-order valence-corrected chi connectivity index (χ1v) is 9.06. The standard InChI is InChI=1S/C21H24N2O5/c1-26-16-8-9-19(27-2)17(11-16)22-20(24)13-23-12-15-7-5-4-6-14(15)10-18(23)21(25)28-3/h4-9,11,18H,10,12-13H2,1-3H3,(H,22,24)/p+1/t18-/m1/s1. The second-order valence-electron chi connectivity index (χ2n) is 6.67. The molecule has 28 heavy (non-hydrogen) atoms. The highest BCUT2D eigenvalue weighted by Gasteiger charge is 2.37. The Hall–Kier alpha value is -3.06. The van der Waals surface area contributed by atoms with E-state index in [1.807, 2.05) is 24.3 Å². The van der Waals surface area contributed by atoms with Crippen LogP contribution in [0.1, 0.15) is 11.1 Å². The summed E-state index contributed by atoms with van der Waals surface area (Å²) in [7, 11) is 4.48. The Morgan fingerprint density at radius 3 is 2.50 bits per heavy atom. The van der Waals surface area contributed by atoms with Crippen LogP contribution >= 0.6 is 0 Å². The van der Waals surface area contributed by atoms with Crippen LogP contribution < -0.4 is 19.7 Å². The van der Waals surface area contributed by atoms with Gasteiger partial charge in [-0.25, -0.2) is 4.79 Å². The molecule has 0 radical (unpaired) electrons. The molecule has 2 aromatic carbocycles. The van der Waals surface area contributed by atoms with Crippen molar-refractivity contribution in [3.8, 4) is 11.5 Å². The predicted octanol–water partition coefficient (Wildman–Crippen LogP) is 0.825. The summed E-state index contributed by atoms with van der Waals surface area (Å²) in [4.78, 5) is 25.9. The number of esters is 1. The summed E-state index contributed by atoms with van der Waals surface area (Å²) in [5, 5.41) is 2.87. The van der Waals surface area contributed by atoms with E-state index in [0.717, 1.165) is 16.0 Å². The largest absolute Gasteiger partial charge is 0.497 e. The van der Waals surface area contributed by atoms with Crippen LogP contribution in [0.2, 0.25) is 0 Å². The van der Waals surface area contributed by atoms with E-state index < -0.39 is 6.04 Å². The number of carbonyl (C=O) groups excluding carboxylic acids is 2. The number of hydrogen-bond donors (Lipinski definition) is 2. The molecule has 7 nitrogen and oxygen atoms in total. The third-order valence-electron chi connectivity index (χ3n) is 5.01. The van der Waals surface area contributed by atoms with Crippen LogP contribution in [0.3, 0.4) is 0 Å². The van der Waals surface area contributed by atoms with Crippen LogP contribution in [0.15, 0.2) is 42.5 Å². The second-order valence-corrected chi connectivity index (χ2v) is 6.67. The van der Waals surface area contributed by atoms with Gasteiger partial charge in [0.05, 0.1) is 27.0 Å².